The normalized spacial score (nSPS) is 16.6. The summed E-state index contributed by atoms with van der Waals surface area (Å²) in [5.74, 6) is 1.42. The highest BCUT2D eigenvalue weighted by atomic mass is 32.2. The fourth-order valence-electron chi connectivity index (χ4n) is 2.70. The number of hydrogen-bond donors (Lipinski definition) is 1. The predicted molar refractivity (Wildman–Crippen MR) is 80.9 cm³/mol. The van der Waals surface area contributed by atoms with Crippen LogP contribution in [0.4, 0.5) is 0 Å². The molecule has 2 rings (SSSR count). The number of rotatable bonds is 5. The van der Waals surface area contributed by atoms with E-state index in [1.54, 1.807) is 0 Å². The first-order valence-corrected chi connectivity index (χ1v) is 8.40. The van der Waals surface area contributed by atoms with Crippen molar-refractivity contribution >= 4 is 17.7 Å². The van der Waals surface area contributed by atoms with Crippen molar-refractivity contribution in [2.45, 2.75) is 70.1 Å². The topological polar surface area (TPSA) is 59.8 Å². The highest BCUT2D eigenvalue weighted by Crippen LogP contribution is 2.32. The molecule has 20 heavy (non-hydrogen) atoms. The zero-order valence-electron chi connectivity index (χ0n) is 12.6. The van der Waals surface area contributed by atoms with Crippen LogP contribution in [-0.2, 0) is 4.79 Å². The van der Waals surface area contributed by atoms with Crippen LogP contribution in [0.2, 0.25) is 0 Å². The second-order valence-corrected chi connectivity index (χ2v) is 6.65. The van der Waals surface area contributed by atoms with Crippen LogP contribution in [0.15, 0.2) is 5.16 Å². The number of aromatic nitrogens is 3. The summed E-state index contributed by atoms with van der Waals surface area (Å²) in [4.78, 5) is 11.7. The lowest BCUT2D eigenvalue weighted by Gasteiger charge is -2.24. The lowest BCUT2D eigenvalue weighted by atomic mass is 9.95. The Hall–Kier alpha value is -1.04. The third-order valence-electron chi connectivity index (χ3n) is 3.56. The van der Waals surface area contributed by atoms with Crippen LogP contribution in [0.1, 0.15) is 57.8 Å². The van der Waals surface area contributed by atoms with Gasteiger partial charge in [-0.05, 0) is 33.6 Å². The molecule has 1 aromatic rings. The number of amides is 1. The highest BCUT2D eigenvalue weighted by Gasteiger charge is 2.21. The Morgan fingerprint density at radius 3 is 2.70 bits per heavy atom. The molecule has 1 aromatic heterocycles. The summed E-state index contributed by atoms with van der Waals surface area (Å²) >= 11 is 1.49. The Labute approximate surface area is 124 Å². The van der Waals surface area contributed by atoms with Crippen molar-refractivity contribution in [3.05, 3.63) is 5.82 Å². The van der Waals surface area contributed by atoms with E-state index in [1.807, 2.05) is 20.8 Å². The average molecular weight is 296 g/mol. The predicted octanol–water partition coefficient (Wildman–Crippen LogP) is 2.71. The minimum atomic E-state index is 0.0563. The number of nitrogens with zero attached hydrogens (tertiary/aromatic N) is 3. The molecule has 0 bridgehead atoms. The van der Waals surface area contributed by atoms with E-state index >= 15 is 0 Å². The van der Waals surface area contributed by atoms with E-state index in [4.69, 9.17) is 0 Å². The maximum Gasteiger partial charge on any atom is 0.230 e. The molecule has 6 heteroatoms. The maximum atomic E-state index is 11.7. The van der Waals surface area contributed by atoms with Crippen molar-refractivity contribution in [3.8, 4) is 0 Å². The molecule has 1 N–H and O–H groups in total. The van der Waals surface area contributed by atoms with Gasteiger partial charge in [0.25, 0.3) is 0 Å². The smallest absolute Gasteiger partial charge is 0.230 e. The van der Waals surface area contributed by atoms with Crippen molar-refractivity contribution in [2.24, 2.45) is 0 Å². The summed E-state index contributed by atoms with van der Waals surface area (Å²) in [5.41, 5.74) is 0. The van der Waals surface area contributed by atoms with E-state index in [0.717, 1.165) is 11.0 Å². The summed E-state index contributed by atoms with van der Waals surface area (Å²) in [6, 6.07) is 0.690. The van der Waals surface area contributed by atoms with Crippen LogP contribution < -0.4 is 5.32 Å². The Balaban J connectivity index is 1.99. The zero-order chi connectivity index (χ0) is 14.5. The number of carbonyl (C=O) groups excluding carboxylic acids is 1. The van der Waals surface area contributed by atoms with Gasteiger partial charge in [0.1, 0.15) is 5.82 Å². The molecule has 1 heterocycles. The molecule has 5 nitrogen and oxygen atoms in total. The van der Waals surface area contributed by atoms with Gasteiger partial charge in [-0.25, -0.2) is 0 Å². The van der Waals surface area contributed by atoms with Gasteiger partial charge in [-0.15, -0.1) is 10.2 Å². The van der Waals surface area contributed by atoms with Gasteiger partial charge in [0.2, 0.25) is 5.91 Å². The van der Waals surface area contributed by atoms with E-state index in [2.05, 4.69) is 20.1 Å². The molecule has 0 radical (unpaired) electrons. The summed E-state index contributed by atoms with van der Waals surface area (Å²) < 4.78 is 2.23. The van der Waals surface area contributed by atoms with Gasteiger partial charge in [0, 0.05) is 12.1 Å². The monoisotopic (exact) mass is 296 g/mol. The van der Waals surface area contributed by atoms with Crippen molar-refractivity contribution in [1.29, 1.82) is 0 Å². The van der Waals surface area contributed by atoms with Crippen LogP contribution in [0.3, 0.4) is 0 Å². The van der Waals surface area contributed by atoms with Crippen LogP contribution in [0.5, 0.6) is 0 Å². The highest BCUT2D eigenvalue weighted by molar-refractivity contribution is 7.99. The fourth-order valence-corrected chi connectivity index (χ4v) is 3.56. The molecule has 1 aliphatic rings. The lowest BCUT2D eigenvalue weighted by molar-refractivity contribution is -0.119. The summed E-state index contributed by atoms with van der Waals surface area (Å²) in [6.07, 6.45) is 6.28. The van der Waals surface area contributed by atoms with Crippen LogP contribution >= 0.6 is 11.8 Å². The summed E-state index contributed by atoms with van der Waals surface area (Å²) in [7, 11) is 0. The minimum Gasteiger partial charge on any atom is -0.353 e. The maximum absolute atomic E-state index is 11.7. The summed E-state index contributed by atoms with van der Waals surface area (Å²) in [5, 5.41) is 12.2. The fraction of sp³-hybridized carbons (Fsp3) is 0.786. The summed E-state index contributed by atoms with van der Waals surface area (Å²) in [6.45, 7) is 5.94. The van der Waals surface area contributed by atoms with E-state index in [9.17, 15) is 4.79 Å². The largest absolute Gasteiger partial charge is 0.353 e. The van der Waals surface area contributed by atoms with Gasteiger partial charge < -0.3 is 9.88 Å². The van der Waals surface area contributed by atoms with E-state index in [1.165, 1.54) is 43.9 Å². The van der Waals surface area contributed by atoms with Gasteiger partial charge in [-0.1, -0.05) is 31.0 Å². The van der Waals surface area contributed by atoms with E-state index in [0.29, 0.717) is 11.8 Å². The molecule has 0 saturated heterocycles. The van der Waals surface area contributed by atoms with Gasteiger partial charge in [-0.3, -0.25) is 4.79 Å². The van der Waals surface area contributed by atoms with Gasteiger partial charge in [0.15, 0.2) is 5.16 Å². The first-order chi connectivity index (χ1) is 9.58. The Bertz CT molecular complexity index is 452. The van der Waals surface area contributed by atoms with E-state index < -0.39 is 0 Å². The van der Waals surface area contributed by atoms with Crippen molar-refractivity contribution in [3.63, 3.8) is 0 Å². The third kappa shape index (κ3) is 3.98. The quantitative estimate of drug-likeness (QED) is 0.849. The second-order valence-electron chi connectivity index (χ2n) is 5.70. The molecular weight excluding hydrogens is 272 g/mol. The Morgan fingerprint density at radius 2 is 2.05 bits per heavy atom. The van der Waals surface area contributed by atoms with Crippen molar-refractivity contribution in [1.82, 2.24) is 20.1 Å². The third-order valence-corrected chi connectivity index (χ3v) is 4.50. The molecule has 0 unspecified atom stereocenters. The number of hydrogen-bond acceptors (Lipinski definition) is 4. The molecule has 0 atom stereocenters. The average Bonchev–Trinajstić information content (AvgIpc) is 2.78. The molecule has 1 amide bonds. The molecule has 0 aromatic carbocycles. The number of nitrogens with one attached hydrogen (secondary N) is 1. The molecular formula is C14H24N4OS. The Morgan fingerprint density at radius 1 is 1.35 bits per heavy atom. The minimum absolute atomic E-state index is 0.0563. The number of aryl methyl sites for hydroxylation is 1. The zero-order valence-corrected chi connectivity index (χ0v) is 13.4. The number of carbonyl (C=O) groups is 1. The molecule has 1 aliphatic carbocycles. The second kappa shape index (κ2) is 7.11. The van der Waals surface area contributed by atoms with Crippen molar-refractivity contribution < 1.29 is 4.79 Å². The van der Waals surface area contributed by atoms with Gasteiger partial charge in [-0.2, -0.15) is 0 Å². The SMILES string of the molecule is Cc1nnc(SCC(=O)NC(C)C)n1C1CCCCC1. The molecule has 0 aliphatic heterocycles. The van der Waals surface area contributed by atoms with Gasteiger partial charge >= 0.3 is 0 Å². The van der Waals surface area contributed by atoms with Crippen LogP contribution in [0, 0.1) is 6.92 Å². The molecule has 1 fully saturated rings. The molecule has 1 saturated carbocycles. The van der Waals surface area contributed by atoms with Crippen molar-refractivity contribution in [2.75, 3.05) is 5.75 Å². The van der Waals surface area contributed by atoms with E-state index in [-0.39, 0.29) is 11.9 Å². The molecule has 112 valence electrons. The first-order valence-electron chi connectivity index (χ1n) is 7.41. The van der Waals surface area contributed by atoms with Crippen LogP contribution in [-0.4, -0.2) is 32.5 Å². The number of thioether (sulfide) groups is 1. The Kier molecular flexibility index (Phi) is 5.46. The standard InChI is InChI=1S/C14H24N4OS/c1-10(2)15-13(19)9-20-14-17-16-11(3)18(14)12-7-5-4-6-8-12/h10,12H,4-9H2,1-3H3,(H,15,19). The lowest BCUT2D eigenvalue weighted by Crippen LogP contribution is -2.31. The molecule has 0 spiro atoms. The first kappa shape index (κ1) is 15.4. The van der Waals surface area contributed by atoms with Crippen LogP contribution in [0.25, 0.3) is 0 Å². The van der Waals surface area contributed by atoms with Gasteiger partial charge in [0.05, 0.1) is 5.75 Å².